The van der Waals surface area contributed by atoms with Gasteiger partial charge in [-0.1, -0.05) is 60.7 Å². The Labute approximate surface area is 191 Å². The molecule has 0 spiro atoms. The maximum Gasteiger partial charge on any atom is 0.161 e. The third-order valence-electron chi connectivity index (χ3n) is 6.52. The van der Waals surface area contributed by atoms with Crippen LogP contribution < -0.4 is 14.8 Å². The van der Waals surface area contributed by atoms with E-state index in [2.05, 4.69) is 72.0 Å². The van der Waals surface area contributed by atoms with Gasteiger partial charge < -0.3 is 19.9 Å². The van der Waals surface area contributed by atoms with Crippen molar-refractivity contribution in [2.24, 2.45) is 0 Å². The number of hydrogen-bond donors (Lipinski definition) is 2. The van der Waals surface area contributed by atoms with E-state index in [0.717, 1.165) is 42.9 Å². The van der Waals surface area contributed by atoms with Crippen molar-refractivity contribution in [1.82, 2.24) is 5.32 Å². The lowest BCUT2D eigenvalue weighted by molar-refractivity contribution is 0.119. The van der Waals surface area contributed by atoms with E-state index in [1.165, 1.54) is 16.7 Å². The van der Waals surface area contributed by atoms with Gasteiger partial charge in [-0.25, -0.2) is 0 Å². The lowest BCUT2D eigenvalue weighted by Gasteiger charge is -2.31. The first-order chi connectivity index (χ1) is 15.7. The summed E-state index contributed by atoms with van der Waals surface area (Å²) in [6.07, 6.45) is 3.11. The van der Waals surface area contributed by atoms with Crippen molar-refractivity contribution < 1.29 is 14.6 Å². The van der Waals surface area contributed by atoms with Crippen molar-refractivity contribution in [3.8, 4) is 11.5 Å². The van der Waals surface area contributed by atoms with Crippen LogP contribution in [0, 0.1) is 0 Å². The predicted molar refractivity (Wildman–Crippen MR) is 129 cm³/mol. The summed E-state index contributed by atoms with van der Waals surface area (Å²) in [7, 11) is 3.31. The third-order valence-corrected chi connectivity index (χ3v) is 6.52. The molecule has 1 aliphatic rings. The van der Waals surface area contributed by atoms with Gasteiger partial charge in [-0.15, -0.1) is 0 Å². The molecule has 0 heterocycles. The van der Waals surface area contributed by atoms with Gasteiger partial charge in [-0.05, 0) is 60.2 Å². The van der Waals surface area contributed by atoms with Crippen LogP contribution in [0.5, 0.6) is 11.5 Å². The molecule has 0 aliphatic heterocycles. The summed E-state index contributed by atoms with van der Waals surface area (Å²) in [5, 5.41) is 14.4. The van der Waals surface area contributed by atoms with Crippen LogP contribution in [-0.4, -0.2) is 38.0 Å². The minimum atomic E-state index is -0.403. The second kappa shape index (κ2) is 10.7. The number of hydrogen-bond acceptors (Lipinski definition) is 4. The molecule has 2 atom stereocenters. The number of benzene rings is 3. The van der Waals surface area contributed by atoms with Gasteiger partial charge in [0, 0.05) is 18.4 Å². The molecule has 0 bridgehead atoms. The SMILES string of the molecule is COc1cc2c(cc1OC)CC(NCCCC(c1ccccc1)c1ccccc1)C(O)C2. The molecule has 0 radical (unpaired) electrons. The van der Waals surface area contributed by atoms with Crippen LogP contribution in [0.15, 0.2) is 72.8 Å². The first-order valence-corrected chi connectivity index (χ1v) is 11.4. The second-order valence-electron chi connectivity index (χ2n) is 8.53. The van der Waals surface area contributed by atoms with Gasteiger partial charge in [0.1, 0.15) is 0 Å². The summed E-state index contributed by atoms with van der Waals surface area (Å²) < 4.78 is 10.9. The molecule has 0 amide bonds. The van der Waals surface area contributed by atoms with E-state index in [0.29, 0.717) is 12.3 Å². The molecule has 4 heteroatoms. The molecule has 0 saturated heterocycles. The summed E-state index contributed by atoms with van der Waals surface area (Å²) in [6.45, 7) is 0.876. The highest BCUT2D eigenvalue weighted by Gasteiger charge is 2.28. The van der Waals surface area contributed by atoms with Gasteiger partial charge in [-0.2, -0.15) is 0 Å². The molecule has 4 nitrogen and oxygen atoms in total. The molecule has 0 fully saturated rings. The molecule has 1 aliphatic carbocycles. The number of fused-ring (bicyclic) bond motifs is 1. The van der Waals surface area contributed by atoms with Crippen LogP contribution in [0.4, 0.5) is 0 Å². The van der Waals surface area contributed by atoms with Crippen molar-refractivity contribution in [3.63, 3.8) is 0 Å². The first-order valence-electron chi connectivity index (χ1n) is 11.4. The van der Waals surface area contributed by atoms with Crippen LogP contribution in [0.2, 0.25) is 0 Å². The molecule has 4 rings (SSSR count). The fourth-order valence-electron chi connectivity index (χ4n) is 4.78. The lowest BCUT2D eigenvalue weighted by atomic mass is 9.85. The van der Waals surface area contributed by atoms with E-state index in [9.17, 15) is 5.11 Å². The summed E-state index contributed by atoms with van der Waals surface area (Å²) in [5.74, 6) is 1.85. The fourth-order valence-corrected chi connectivity index (χ4v) is 4.78. The Morgan fingerprint density at radius 2 is 1.38 bits per heavy atom. The highest BCUT2D eigenvalue weighted by molar-refractivity contribution is 5.49. The molecule has 3 aromatic carbocycles. The molecule has 3 aromatic rings. The number of ether oxygens (including phenoxy) is 2. The Balaban J connectivity index is 1.37. The molecule has 32 heavy (non-hydrogen) atoms. The van der Waals surface area contributed by atoms with Crippen molar-refractivity contribution in [3.05, 3.63) is 95.1 Å². The normalized spacial score (nSPS) is 17.8. The smallest absolute Gasteiger partial charge is 0.161 e. The Bertz CT molecular complexity index is 951. The van der Waals surface area contributed by atoms with E-state index in [4.69, 9.17) is 9.47 Å². The maximum absolute atomic E-state index is 10.7. The Morgan fingerprint density at radius 1 is 0.844 bits per heavy atom. The Hall–Kier alpha value is -2.82. The van der Waals surface area contributed by atoms with Gasteiger partial charge in [0.2, 0.25) is 0 Å². The zero-order chi connectivity index (χ0) is 22.3. The largest absolute Gasteiger partial charge is 0.493 e. The van der Waals surface area contributed by atoms with Crippen molar-refractivity contribution in [1.29, 1.82) is 0 Å². The standard InChI is InChI=1S/C28H33NO3/c1-31-27-18-22-16-25(26(30)17-23(22)19-28(27)32-2)29-15-9-14-24(20-10-5-3-6-11-20)21-12-7-4-8-13-21/h3-8,10-13,18-19,24-26,29-30H,9,14-17H2,1-2H3. The van der Waals surface area contributed by atoms with Crippen molar-refractivity contribution in [2.75, 3.05) is 20.8 Å². The minimum absolute atomic E-state index is 0.0486. The van der Waals surface area contributed by atoms with Crippen LogP contribution >= 0.6 is 0 Å². The molecule has 168 valence electrons. The molecule has 2 unspecified atom stereocenters. The van der Waals surface area contributed by atoms with Gasteiger partial charge in [0.25, 0.3) is 0 Å². The average Bonchev–Trinajstić information content (AvgIpc) is 2.84. The zero-order valence-electron chi connectivity index (χ0n) is 19.0. The van der Waals surface area contributed by atoms with E-state index >= 15 is 0 Å². The number of rotatable bonds is 9. The average molecular weight is 432 g/mol. The van der Waals surface area contributed by atoms with Crippen molar-refractivity contribution in [2.45, 2.75) is 43.7 Å². The molecule has 2 N–H and O–H groups in total. The summed E-state index contributed by atoms with van der Waals surface area (Å²) in [4.78, 5) is 0. The van der Waals surface area contributed by atoms with Crippen LogP contribution in [-0.2, 0) is 12.8 Å². The zero-order valence-corrected chi connectivity index (χ0v) is 19.0. The quantitative estimate of drug-likeness (QED) is 0.481. The number of methoxy groups -OCH3 is 2. The Kier molecular flexibility index (Phi) is 7.46. The van der Waals surface area contributed by atoms with Gasteiger partial charge >= 0.3 is 0 Å². The second-order valence-corrected chi connectivity index (χ2v) is 8.53. The minimum Gasteiger partial charge on any atom is -0.493 e. The number of aliphatic hydroxyl groups is 1. The van der Waals surface area contributed by atoms with Gasteiger partial charge in [0.05, 0.1) is 20.3 Å². The monoisotopic (exact) mass is 431 g/mol. The first kappa shape index (κ1) is 22.4. The van der Waals surface area contributed by atoms with Crippen LogP contribution in [0.25, 0.3) is 0 Å². The van der Waals surface area contributed by atoms with Gasteiger partial charge in [0.15, 0.2) is 11.5 Å². The van der Waals surface area contributed by atoms with E-state index in [1.807, 2.05) is 6.07 Å². The summed E-state index contributed by atoms with van der Waals surface area (Å²) >= 11 is 0. The molecular formula is C28H33NO3. The third kappa shape index (κ3) is 5.14. The molecule has 0 saturated carbocycles. The molecule has 0 aromatic heterocycles. The topological polar surface area (TPSA) is 50.7 Å². The Morgan fingerprint density at radius 3 is 1.91 bits per heavy atom. The lowest BCUT2D eigenvalue weighted by Crippen LogP contribution is -2.45. The van der Waals surface area contributed by atoms with Crippen LogP contribution in [0.1, 0.15) is 41.0 Å². The van der Waals surface area contributed by atoms with Crippen LogP contribution in [0.3, 0.4) is 0 Å². The summed E-state index contributed by atoms with van der Waals surface area (Å²) in [6, 6.07) is 25.6. The van der Waals surface area contributed by atoms with E-state index in [1.54, 1.807) is 14.2 Å². The van der Waals surface area contributed by atoms with E-state index < -0.39 is 6.10 Å². The van der Waals surface area contributed by atoms with Crippen molar-refractivity contribution >= 4 is 0 Å². The van der Waals surface area contributed by atoms with E-state index in [-0.39, 0.29) is 6.04 Å². The maximum atomic E-state index is 10.7. The highest BCUT2D eigenvalue weighted by Crippen LogP contribution is 2.34. The molecular weight excluding hydrogens is 398 g/mol. The number of nitrogens with one attached hydrogen (secondary N) is 1. The summed E-state index contributed by atoms with van der Waals surface area (Å²) in [5.41, 5.74) is 5.07. The van der Waals surface area contributed by atoms with Gasteiger partial charge in [-0.3, -0.25) is 0 Å². The number of aliphatic hydroxyl groups excluding tert-OH is 1. The highest BCUT2D eigenvalue weighted by atomic mass is 16.5. The fraction of sp³-hybridized carbons (Fsp3) is 0.357. The predicted octanol–water partition coefficient (Wildman–Crippen LogP) is 4.73.